The lowest BCUT2D eigenvalue weighted by Gasteiger charge is -2.33. The standard InChI is InChI=1S/C15H13Cl2N3O/c1-9-6-10-4-2-3-5-12(10)20(8-9)15(21)11-7-13(16)18-19-14(11)17/h2-5,7,9H,6,8H2,1H3. The van der Waals surface area contributed by atoms with Gasteiger partial charge in [-0.25, -0.2) is 0 Å². The van der Waals surface area contributed by atoms with E-state index < -0.39 is 0 Å². The predicted octanol–water partition coefficient (Wildman–Crippen LogP) is 3.62. The van der Waals surface area contributed by atoms with Crippen LogP contribution in [0.3, 0.4) is 0 Å². The molecule has 1 amide bonds. The molecular formula is C15H13Cl2N3O. The highest BCUT2D eigenvalue weighted by atomic mass is 35.5. The second kappa shape index (κ2) is 5.62. The molecule has 3 rings (SSSR count). The van der Waals surface area contributed by atoms with Gasteiger partial charge < -0.3 is 4.90 Å². The minimum atomic E-state index is -0.198. The van der Waals surface area contributed by atoms with Crippen molar-refractivity contribution in [2.75, 3.05) is 11.4 Å². The lowest BCUT2D eigenvalue weighted by Crippen LogP contribution is -2.39. The molecule has 4 nitrogen and oxygen atoms in total. The Labute approximate surface area is 132 Å². The molecule has 6 heteroatoms. The van der Waals surface area contributed by atoms with Gasteiger partial charge in [0.25, 0.3) is 5.91 Å². The van der Waals surface area contributed by atoms with Gasteiger partial charge in [0.15, 0.2) is 10.3 Å². The molecule has 0 aliphatic carbocycles. The van der Waals surface area contributed by atoms with E-state index >= 15 is 0 Å². The average Bonchev–Trinajstić information content (AvgIpc) is 2.48. The zero-order valence-corrected chi connectivity index (χ0v) is 12.9. The highest BCUT2D eigenvalue weighted by Gasteiger charge is 2.28. The molecule has 2 heterocycles. The van der Waals surface area contributed by atoms with Crippen LogP contribution in [0.4, 0.5) is 5.69 Å². The molecule has 1 aliphatic heterocycles. The molecule has 1 unspecified atom stereocenters. The molecule has 21 heavy (non-hydrogen) atoms. The molecule has 0 saturated carbocycles. The summed E-state index contributed by atoms with van der Waals surface area (Å²) in [6.45, 7) is 2.77. The van der Waals surface area contributed by atoms with E-state index in [1.165, 1.54) is 6.07 Å². The number of benzene rings is 1. The molecule has 0 N–H and O–H groups in total. The van der Waals surface area contributed by atoms with Gasteiger partial charge in [-0.3, -0.25) is 4.79 Å². The summed E-state index contributed by atoms with van der Waals surface area (Å²) in [5.74, 6) is 0.184. The first-order valence-electron chi connectivity index (χ1n) is 6.64. The number of nitrogens with zero attached hydrogens (tertiary/aromatic N) is 3. The van der Waals surface area contributed by atoms with E-state index in [4.69, 9.17) is 23.2 Å². The first-order chi connectivity index (χ1) is 10.1. The highest BCUT2D eigenvalue weighted by Crippen LogP contribution is 2.31. The normalized spacial score (nSPS) is 17.5. The molecule has 1 aromatic heterocycles. The molecular weight excluding hydrogens is 309 g/mol. The Balaban J connectivity index is 2.04. The predicted molar refractivity (Wildman–Crippen MR) is 83.0 cm³/mol. The van der Waals surface area contributed by atoms with Gasteiger partial charge in [-0.1, -0.05) is 48.3 Å². The smallest absolute Gasteiger partial charge is 0.261 e. The molecule has 108 valence electrons. The van der Waals surface area contributed by atoms with Gasteiger partial charge in [-0.15, -0.1) is 10.2 Å². The number of hydrogen-bond donors (Lipinski definition) is 0. The van der Waals surface area contributed by atoms with E-state index in [9.17, 15) is 4.79 Å². The largest absolute Gasteiger partial charge is 0.308 e. The van der Waals surface area contributed by atoms with Crippen molar-refractivity contribution in [1.82, 2.24) is 10.2 Å². The summed E-state index contributed by atoms with van der Waals surface area (Å²) in [5, 5.41) is 7.57. The Morgan fingerprint density at radius 3 is 2.86 bits per heavy atom. The molecule has 0 bridgehead atoms. The van der Waals surface area contributed by atoms with Crippen LogP contribution < -0.4 is 4.90 Å². The number of carbonyl (C=O) groups is 1. The van der Waals surface area contributed by atoms with Crippen molar-refractivity contribution in [3.8, 4) is 0 Å². The number of carbonyl (C=O) groups excluding carboxylic acids is 1. The molecule has 1 aliphatic rings. The minimum absolute atomic E-state index is 0.0695. The Kier molecular flexibility index (Phi) is 3.83. The van der Waals surface area contributed by atoms with Crippen LogP contribution in [0.15, 0.2) is 30.3 Å². The van der Waals surface area contributed by atoms with Crippen molar-refractivity contribution in [2.24, 2.45) is 5.92 Å². The number of rotatable bonds is 1. The van der Waals surface area contributed by atoms with Crippen LogP contribution in [-0.4, -0.2) is 22.6 Å². The zero-order valence-electron chi connectivity index (χ0n) is 11.4. The van der Waals surface area contributed by atoms with Crippen molar-refractivity contribution in [3.05, 3.63) is 51.8 Å². The van der Waals surface area contributed by atoms with Gasteiger partial charge in [-0.05, 0) is 30.0 Å². The fourth-order valence-electron chi connectivity index (χ4n) is 2.64. The monoisotopic (exact) mass is 321 g/mol. The second-order valence-electron chi connectivity index (χ2n) is 5.23. The SMILES string of the molecule is CC1Cc2ccccc2N(C(=O)c2cc(Cl)nnc2Cl)C1. The van der Waals surface area contributed by atoms with Gasteiger partial charge in [0.2, 0.25) is 0 Å². The van der Waals surface area contributed by atoms with E-state index in [0.29, 0.717) is 12.5 Å². The summed E-state index contributed by atoms with van der Waals surface area (Å²) in [6, 6.07) is 9.36. The quantitative estimate of drug-likeness (QED) is 0.805. The average molecular weight is 322 g/mol. The third kappa shape index (κ3) is 2.74. The maximum atomic E-state index is 12.8. The Bertz CT molecular complexity index is 705. The topological polar surface area (TPSA) is 46.1 Å². The van der Waals surface area contributed by atoms with Crippen molar-refractivity contribution in [2.45, 2.75) is 13.3 Å². The van der Waals surface area contributed by atoms with Gasteiger partial charge >= 0.3 is 0 Å². The van der Waals surface area contributed by atoms with Crippen molar-refractivity contribution in [3.63, 3.8) is 0 Å². The summed E-state index contributed by atoms with van der Waals surface area (Å²) in [6.07, 6.45) is 0.961. The van der Waals surface area contributed by atoms with Crippen LogP contribution >= 0.6 is 23.2 Å². The van der Waals surface area contributed by atoms with E-state index in [1.54, 1.807) is 4.90 Å². The summed E-state index contributed by atoms with van der Waals surface area (Å²) in [7, 11) is 0. The summed E-state index contributed by atoms with van der Waals surface area (Å²) in [5.41, 5.74) is 2.36. The first kappa shape index (κ1) is 14.3. The minimum Gasteiger partial charge on any atom is -0.308 e. The van der Waals surface area contributed by atoms with Crippen molar-refractivity contribution >= 4 is 34.8 Å². The molecule has 2 aromatic rings. The molecule has 0 spiro atoms. The van der Waals surface area contributed by atoms with E-state index in [-0.39, 0.29) is 21.8 Å². The number of hydrogen-bond acceptors (Lipinski definition) is 3. The summed E-state index contributed by atoms with van der Waals surface area (Å²) < 4.78 is 0. The number of amides is 1. The zero-order chi connectivity index (χ0) is 15.0. The lowest BCUT2D eigenvalue weighted by molar-refractivity contribution is 0.0980. The Hall–Kier alpha value is -1.65. The van der Waals surface area contributed by atoms with Crippen molar-refractivity contribution < 1.29 is 4.79 Å². The lowest BCUT2D eigenvalue weighted by atomic mass is 9.93. The second-order valence-corrected chi connectivity index (χ2v) is 5.97. The Morgan fingerprint density at radius 1 is 1.29 bits per heavy atom. The number of para-hydroxylation sites is 1. The van der Waals surface area contributed by atoms with E-state index in [0.717, 1.165) is 17.7 Å². The number of aromatic nitrogens is 2. The molecule has 1 aromatic carbocycles. The van der Waals surface area contributed by atoms with Gasteiger partial charge in [0.05, 0.1) is 5.56 Å². The molecule has 1 atom stereocenters. The maximum absolute atomic E-state index is 12.8. The Morgan fingerprint density at radius 2 is 2.05 bits per heavy atom. The highest BCUT2D eigenvalue weighted by molar-refractivity contribution is 6.34. The fraction of sp³-hybridized carbons (Fsp3) is 0.267. The first-order valence-corrected chi connectivity index (χ1v) is 7.40. The van der Waals surface area contributed by atoms with Crippen LogP contribution in [0.25, 0.3) is 0 Å². The fourth-order valence-corrected chi connectivity index (χ4v) is 2.96. The number of anilines is 1. The molecule has 0 saturated heterocycles. The third-order valence-electron chi connectivity index (χ3n) is 3.54. The van der Waals surface area contributed by atoms with Gasteiger partial charge in [0.1, 0.15) is 0 Å². The van der Waals surface area contributed by atoms with Crippen LogP contribution in [-0.2, 0) is 6.42 Å². The number of halogens is 2. The van der Waals surface area contributed by atoms with Crippen LogP contribution in [0, 0.1) is 5.92 Å². The van der Waals surface area contributed by atoms with Gasteiger partial charge in [-0.2, -0.15) is 0 Å². The van der Waals surface area contributed by atoms with Crippen LogP contribution in [0.1, 0.15) is 22.8 Å². The van der Waals surface area contributed by atoms with E-state index in [1.807, 2.05) is 24.3 Å². The summed E-state index contributed by atoms with van der Waals surface area (Å²) in [4.78, 5) is 14.5. The maximum Gasteiger partial charge on any atom is 0.261 e. The van der Waals surface area contributed by atoms with Crippen molar-refractivity contribution in [1.29, 1.82) is 0 Å². The van der Waals surface area contributed by atoms with Crippen LogP contribution in [0.5, 0.6) is 0 Å². The molecule has 0 radical (unpaired) electrons. The van der Waals surface area contributed by atoms with Crippen LogP contribution in [0.2, 0.25) is 10.3 Å². The molecule has 0 fully saturated rings. The van der Waals surface area contributed by atoms with Gasteiger partial charge in [0, 0.05) is 12.2 Å². The third-order valence-corrected chi connectivity index (χ3v) is 4.00. The van der Waals surface area contributed by atoms with E-state index in [2.05, 4.69) is 17.1 Å². The summed E-state index contributed by atoms with van der Waals surface area (Å²) >= 11 is 11.8. The number of fused-ring (bicyclic) bond motifs is 1.